The standard InChI is InChI=1S/C65H45N5/c1-42-18-12-14-26-51(42)48-32-36-60-55(40-48)56-41-49(52-27-15-13-19-43(52)2)33-37-61(56)70(60)62-35-31-47(46-30-34-59-54(38-46)53-28-16-17-29-58(53)69(59)50-24-10-5-11-25-50)39-57(62)65-67-63(44-20-6-3-7-21-44)66-64(68-65)45-22-8-4-9-23-45/h3-41H,1-2H3. The second-order valence-electron chi connectivity index (χ2n) is 18.1. The highest BCUT2D eigenvalue weighted by molar-refractivity contribution is 6.13. The first kappa shape index (κ1) is 41.0. The molecule has 3 aromatic heterocycles. The number of para-hydroxylation sites is 2. The van der Waals surface area contributed by atoms with Gasteiger partial charge in [-0.25, -0.2) is 15.0 Å². The van der Waals surface area contributed by atoms with Crippen molar-refractivity contribution < 1.29 is 0 Å². The summed E-state index contributed by atoms with van der Waals surface area (Å²) in [5, 5.41) is 4.74. The molecule has 3 heterocycles. The van der Waals surface area contributed by atoms with Crippen LogP contribution in [0.2, 0.25) is 0 Å². The fraction of sp³-hybridized carbons (Fsp3) is 0.0308. The van der Waals surface area contributed by atoms with Gasteiger partial charge in [-0.05, 0) is 125 Å². The first-order valence-corrected chi connectivity index (χ1v) is 23.8. The fourth-order valence-corrected chi connectivity index (χ4v) is 10.4. The highest BCUT2D eigenvalue weighted by Gasteiger charge is 2.22. The fourth-order valence-electron chi connectivity index (χ4n) is 10.4. The summed E-state index contributed by atoms with van der Waals surface area (Å²) in [6.07, 6.45) is 0. The Kier molecular flexibility index (Phi) is 9.88. The zero-order valence-electron chi connectivity index (χ0n) is 38.8. The molecule has 70 heavy (non-hydrogen) atoms. The summed E-state index contributed by atoms with van der Waals surface area (Å²) in [5.41, 5.74) is 18.8. The SMILES string of the molecule is Cc1ccccc1-c1ccc2c(c1)c1cc(-c3ccccc3C)ccc1n2-c1ccc(-c2ccc3c(c2)c2ccccc2n3-c2ccccc2)cc1-c1nc(-c2ccccc2)nc(-c2ccccc2)n1. The first-order chi connectivity index (χ1) is 34.5. The van der Waals surface area contributed by atoms with Crippen molar-refractivity contribution in [2.75, 3.05) is 0 Å². The third-order valence-electron chi connectivity index (χ3n) is 13.9. The zero-order chi connectivity index (χ0) is 46.7. The highest BCUT2D eigenvalue weighted by atomic mass is 15.1. The highest BCUT2D eigenvalue weighted by Crippen LogP contribution is 2.42. The van der Waals surface area contributed by atoms with E-state index in [9.17, 15) is 0 Å². The minimum Gasteiger partial charge on any atom is -0.309 e. The number of rotatable bonds is 8. The molecule has 10 aromatic carbocycles. The van der Waals surface area contributed by atoms with Crippen molar-refractivity contribution >= 4 is 43.6 Å². The molecule has 0 atom stereocenters. The number of nitrogens with zero attached hydrogens (tertiary/aromatic N) is 5. The normalized spacial score (nSPS) is 11.6. The van der Waals surface area contributed by atoms with E-state index >= 15 is 0 Å². The van der Waals surface area contributed by atoms with Gasteiger partial charge in [0.25, 0.3) is 0 Å². The summed E-state index contributed by atoms with van der Waals surface area (Å²) in [4.78, 5) is 15.9. The van der Waals surface area contributed by atoms with Crippen LogP contribution in [-0.4, -0.2) is 24.1 Å². The molecule has 0 spiro atoms. The predicted octanol–water partition coefficient (Wildman–Crippen LogP) is 16.7. The molecule has 0 fully saturated rings. The van der Waals surface area contributed by atoms with Crippen molar-refractivity contribution in [2.45, 2.75) is 13.8 Å². The quantitative estimate of drug-likeness (QED) is 0.153. The zero-order valence-corrected chi connectivity index (χ0v) is 38.8. The number of hydrogen-bond acceptors (Lipinski definition) is 3. The van der Waals surface area contributed by atoms with Crippen LogP contribution >= 0.6 is 0 Å². The Morgan fingerprint density at radius 3 is 1.27 bits per heavy atom. The number of aromatic nitrogens is 5. The maximum Gasteiger partial charge on any atom is 0.166 e. The summed E-state index contributed by atoms with van der Waals surface area (Å²) in [6, 6.07) is 84.6. The van der Waals surface area contributed by atoms with Crippen molar-refractivity contribution in [3.63, 3.8) is 0 Å². The first-order valence-electron chi connectivity index (χ1n) is 23.8. The molecule has 13 rings (SSSR count). The van der Waals surface area contributed by atoms with Gasteiger partial charge in [0.05, 0.1) is 27.8 Å². The number of fused-ring (bicyclic) bond motifs is 6. The van der Waals surface area contributed by atoms with Gasteiger partial charge < -0.3 is 9.13 Å². The lowest BCUT2D eigenvalue weighted by molar-refractivity contribution is 1.06. The molecule has 0 radical (unpaired) electrons. The Labute approximate surface area is 406 Å². The molecule has 330 valence electrons. The lowest BCUT2D eigenvalue weighted by Crippen LogP contribution is -2.04. The molecular formula is C65H45N5. The summed E-state index contributed by atoms with van der Waals surface area (Å²) < 4.78 is 4.78. The van der Waals surface area contributed by atoms with Gasteiger partial charge in [0.2, 0.25) is 0 Å². The Morgan fingerprint density at radius 2 is 0.686 bits per heavy atom. The Morgan fingerprint density at radius 1 is 0.271 bits per heavy atom. The smallest absolute Gasteiger partial charge is 0.166 e. The van der Waals surface area contributed by atoms with E-state index in [2.05, 4.69) is 223 Å². The van der Waals surface area contributed by atoms with Gasteiger partial charge in [0, 0.05) is 43.9 Å². The Balaban J connectivity index is 1.09. The van der Waals surface area contributed by atoms with Gasteiger partial charge in [0.15, 0.2) is 17.5 Å². The van der Waals surface area contributed by atoms with E-state index < -0.39 is 0 Å². The summed E-state index contributed by atoms with van der Waals surface area (Å²) in [7, 11) is 0. The Hall–Kier alpha value is -9.19. The second-order valence-corrected chi connectivity index (χ2v) is 18.1. The van der Waals surface area contributed by atoms with Crippen molar-refractivity contribution in [2.24, 2.45) is 0 Å². The van der Waals surface area contributed by atoms with E-state index in [1.54, 1.807) is 0 Å². The minimum atomic E-state index is 0.592. The van der Waals surface area contributed by atoms with Crippen molar-refractivity contribution in [3.05, 3.63) is 248 Å². The lowest BCUT2D eigenvalue weighted by Gasteiger charge is -2.17. The molecule has 0 saturated carbocycles. The molecule has 0 aliphatic rings. The summed E-state index contributed by atoms with van der Waals surface area (Å²) >= 11 is 0. The second kappa shape index (κ2) is 16.8. The molecule has 0 amide bonds. The van der Waals surface area contributed by atoms with E-state index in [-0.39, 0.29) is 0 Å². The molecule has 0 unspecified atom stereocenters. The molecule has 5 heteroatoms. The molecule has 0 saturated heterocycles. The monoisotopic (exact) mass is 895 g/mol. The van der Waals surface area contributed by atoms with Gasteiger partial charge in [-0.15, -0.1) is 0 Å². The van der Waals surface area contributed by atoms with Crippen molar-refractivity contribution in [1.29, 1.82) is 0 Å². The summed E-state index contributed by atoms with van der Waals surface area (Å²) in [6.45, 7) is 4.38. The molecule has 0 bridgehead atoms. The van der Waals surface area contributed by atoms with Gasteiger partial charge in [-0.2, -0.15) is 0 Å². The van der Waals surface area contributed by atoms with Gasteiger partial charge in [-0.3, -0.25) is 0 Å². The van der Waals surface area contributed by atoms with Crippen molar-refractivity contribution in [3.8, 4) is 78.9 Å². The molecular weight excluding hydrogens is 851 g/mol. The minimum absolute atomic E-state index is 0.592. The van der Waals surface area contributed by atoms with Crippen LogP contribution in [0, 0.1) is 13.8 Å². The molecule has 0 aliphatic heterocycles. The van der Waals surface area contributed by atoms with Crippen LogP contribution in [0.4, 0.5) is 0 Å². The Bertz CT molecular complexity index is 3970. The van der Waals surface area contributed by atoms with Crippen LogP contribution in [-0.2, 0) is 0 Å². The van der Waals surface area contributed by atoms with Crippen LogP contribution in [0.25, 0.3) is 123 Å². The molecule has 13 aromatic rings. The molecule has 0 N–H and O–H groups in total. The van der Waals surface area contributed by atoms with E-state index in [0.29, 0.717) is 17.5 Å². The van der Waals surface area contributed by atoms with E-state index in [4.69, 9.17) is 15.0 Å². The number of hydrogen-bond donors (Lipinski definition) is 0. The average Bonchev–Trinajstić information content (AvgIpc) is 3.93. The maximum absolute atomic E-state index is 5.38. The van der Waals surface area contributed by atoms with Crippen LogP contribution in [0.3, 0.4) is 0 Å². The molecule has 5 nitrogen and oxygen atoms in total. The number of aryl methyl sites for hydroxylation is 2. The predicted molar refractivity (Wildman–Crippen MR) is 291 cm³/mol. The van der Waals surface area contributed by atoms with Gasteiger partial charge >= 0.3 is 0 Å². The van der Waals surface area contributed by atoms with Crippen LogP contribution < -0.4 is 0 Å². The van der Waals surface area contributed by atoms with E-state index in [1.807, 2.05) is 36.4 Å². The summed E-state index contributed by atoms with van der Waals surface area (Å²) in [5.74, 6) is 1.82. The van der Waals surface area contributed by atoms with Crippen LogP contribution in [0.1, 0.15) is 11.1 Å². The molecule has 0 aliphatic carbocycles. The van der Waals surface area contributed by atoms with E-state index in [1.165, 1.54) is 60.4 Å². The maximum atomic E-state index is 5.38. The topological polar surface area (TPSA) is 48.5 Å². The van der Waals surface area contributed by atoms with Gasteiger partial charge in [0.1, 0.15) is 0 Å². The van der Waals surface area contributed by atoms with Crippen LogP contribution in [0.5, 0.6) is 0 Å². The van der Waals surface area contributed by atoms with Crippen molar-refractivity contribution in [1.82, 2.24) is 24.1 Å². The van der Waals surface area contributed by atoms with Gasteiger partial charge in [-0.1, -0.05) is 170 Å². The third kappa shape index (κ3) is 6.98. The lowest BCUT2D eigenvalue weighted by atomic mass is 9.97. The largest absolute Gasteiger partial charge is 0.309 e. The number of benzene rings is 10. The third-order valence-corrected chi connectivity index (χ3v) is 13.9. The van der Waals surface area contributed by atoms with E-state index in [0.717, 1.165) is 55.7 Å². The average molecular weight is 896 g/mol. The van der Waals surface area contributed by atoms with Crippen LogP contribution in [0.15, 0.2) is 237 Å².